The van der Waals surface area contributed by atoms with E-state index in [4.69, 9.17) is 0 Å². The number of aliphatic hydroxyl groups excluding tert-OH is 1. The Kier molecular flexibility index (Phi) is 9.07. The van der Waals surface area contributed by atoms with E-state index in [1.165, 1.54) is 51.4 Å². The molecule has 0 amide bonds. The zero-order chi connectivity index (χ0) is 25.1. The van der Waals surface area contributed by atoms with E-state index in [1.54, 1.807) is 0 Å². The first-order valence-electron chi connectivity index (χ1n) is 15.2. The topological polar surface area (TPSA) is 40.5 Å². The lowest BCUT2D eigenvalue weighted by molar-refractivity contribution is -0.0515. The minimum Gasteiger partial charge on any atom is -0.390 e. The highest BCUT2D eigenvalue weighted by atomic mass is 16.3. The molecule has 3 fully saturated rings. The third kappa shape index (κ3) is 6.01. The smallest absolute Gasteiger partial charge is 0.0790 e. The van der Waals surface area contributed by atoms with E-state index in [-0.39, 0.29) is 6.10 Å². The predicted molar refractivity (Wildman–Crippen MR) is 147 cm³/mol. The van der Waals surface area contributed by atoms with E-state index in [0.29, 0.717) is 11.3 Å². The van der Waals surface area contributed by atoms with Gasteiger partial charge in [-0.05, 0) is 117 Å². The summed E-state index contributed by atoms with van der Waals surface area (Å²) >= 11 is 0. The largest absolute Gasteiger partial charge is 0.390 e. The third-order valence-corrected chi connectivity index (χ3v) is 11.3. The first-order chi connectivity index (χ1) is 16.8. The van der Waals surface area contributed by atoms with E-state index in [9.17, 15) is 10.2 Å². The number of fused-ring (bicyclic) bond motifs is 3. The van der Waals surface area contributed by atoms with Crippen LogP contribution in [0.25, 0.3) is 0 Å². The van der Waals surface area contributed by atoms with Crippen LogP contribution in [0.5, 0.6) is 0 Å². The molecule has 0 saturated heterocycles. The Hall–Kier alpha value is -0.860. The normalized spacial score (nSPS) is 36.1. The average molecular weight is 483 g/mol. The Morgan fingerprint density at radius 3 is 2.51 bits per heavy atom. The van der Waals surface area contributed by atoms with Crippen molar-refractivity contribution in [3.8, 4) is 0 Å². The van der Waals surface area contributed by atoms with Crippen LogP contribution in [-0.4, -0.2) is 15.8 Å². The summed E-state index contributed by atoms with van der Waals surface area (Å²) in [5, 5.41) is 21.9. The van der Waals surface area contributed by atoms with Crippen LogP contribution in [0.1, 0.15) is 129 Å². The van der Waals surface area contributed by atoms with Gasteiger partial charge in [0.05, 0.1) is 11.7 Å². The highest BCUT2D eigenvalue weighted by Crippen LogP contribution is 2.64. The van der Waals surface area contributed by atoms with Gasteiger partial charge < -0.3 is 10.2 Å². The summed E-state index contributed by atoms with van der Waals surface area (Å²) in [6.45, 7) is 9.54. The molecule has 0 aliphatic heterocycles. The van der Waals surface area contributed by atoms with Crippen LogP contribution in [0, 0.1) is 40.9 Å². The molecule has 3 aliphatic carbocycles. The van der Waals surface area contributed by atoms with Gasteiger partial charge >= 0.3 is 0 Å². The predicted octanol–water partition coefficient (Wildman–Crippen LogP) is 8.72. The second-order valence-corrected chi connectivity index (χ2v) is 13.3. The monoisotopic (exact) mass is 482 g/mol. The van der Waals surface area contributed by atoms with Gasteiger partial charge in [-0.3, -0.25) is 0 Å². The van der Waals surface area contributed by atoms with E-state index in [1.807, 2.05) is 18.2 Å². The van der Waals surface area contributed by atoms with Gasteiger partial charge in [0, 0.05) is 0 Å². The number of hydrogen-bond donors (Lipinski definition) is 2. The average Bonchev–Trinajstić information content (AvgIpc) is 3.23. The van der Waals surface area contributed by atoms with Crippen LogP contribution in [0.3, 0.4) is 0 Å². The number of rotatable bonds is 11. The van der Waals surface area contributed by atoms with Crippen molar-refractivity contribution in [1.29, 1.82) is 0 Å². The lowest BCUT2D eigenvalue weighted by atomic mass is 9.52. The van der Waals surface area contributed by atoms with Gasteiger partial charge in [-0.2, -0.15) is 0 Å². The molecule has 1 unspecified atom stereocenters. The second kappa shape index (κ2) is 11.7. The summed E-state index contributed by atoms with van der Waals surface area (Å²) in [5.74, 6) is 4.95. The first kappa shape index (κ1) is 27.2. The lowest BCUT2D eigenvalue weighted by Crippen LogP contribution is -2.45. The Morgan fingerprint density at radius 2 is 1.80 bits per heavy atom. The van der Waals surface area contributed by atoms with Crippen LogP contribution < -0.4 is 0 Å². The molecule has 1 aromatic rings. The van der Waals surface area contributed by atoms with Crippen molar-refractivity contribution in [2.24, 2.45) is 40.9 Å². The number of unbranched alkanes of at least 4 members (excludes halogenated alkanes) is 1. The summed E-state index contributed by atoms with van der Waals surface area (Å²) in [6.07, 6.45) is 16.7. The van der Waals surface area contributed by atoms with Gasteiger partial charge in [-0.1, -0.05) is 77.3 Å². The maximum atomic E-state index is 11.2. The molecular weight excluding hydrogens is 428 g/mol. The van der Waals surface area contributed by atoms with E-state index < -0.39 is 5.60 Å². The summed E-state index contributed by atoms with van der Waals surface area (Å²) in [5.41, 5.74) is 1.14. The Labute approximate surface area is 216 Å². The fraction of sp³-hybridized carbons (Fsp3) is 0.818. The van der Waals surface area contributed by atoms with E-state index in [0.717, 1.165) is 73.7 Å². The van der Waals surface area contributed by atoms with Crippen LogP contribution in [-0.2, 0) is 0 Å². The summed E-state index contributed by atoms with van der Waals surface area (Å²) < 4.78 is 0. The highest BCUT2D eigenvalue weighted by molar-refractivity contribution is 5.17. The van der Waals surface area contributed by atoms with Crippen molar-refractivity contribution >= 4 is 0 Å². The second-order valence-electron chi connectivity index (χ2n) is 13.3. The van der Waals surface area contributed by atoms with E-state index >= 15 is 0 Å². The molecule has 2 N–H and O–H groups in total. The number of hydrogen-bond acceptors (Lipinski definition) is 2. The molecular formula is C33H54O2. The highest BCUT2D eigenvalue weighted by Gasteiger charge is 2.55. The van der Waals surface area contributed by atoms with Gasteiger partial charge in [-0.25, -0.2) is 0 Å². The number of aliphatic hydroxyl groups is 2. The molecule has 9 atom stereocenters. The van der Waals surface area contributed by atoms with Gasteiger partial charge in [0.1, 0.15) is 0 Å². The molecule has 3 saturated carbocycles. The van der Waals surface area contributed by atoms with Crippen molar-refractivity contribution in [1.82, 2.24) is 0 Å². The maximum absolute atomic E-state index is 11.2. The van der Waals surface area contributed by atoms with Crippen LogP contribution in [0.15, 0.2) is 30.3 Å². The molecule has 1 aromatic carbocycles. The summed E-state index contributed by atoms with van der Waals surface area (Å²) in [6, 6.07) is 10.2. The molecule has 0 radical (unpaired) electrons. The van der Waals surface area contributed by atoms with Gasteiger partial charge in [0.15, 0.2) is 0 Å². The minimum atomic E-state index is -0.422. The van der Waals surface area contributed by atoms with Crippen molar-refractivity contribution in [3.63, 3.8) is 0 Å². The zero-order valence-electron chi connectivity index (χ0n) is 23.2. The standard InChI is InChI=1S/C33H54O2/c1-5-7-20-33(35,6-2)23-25-14-15-28-27(22-25)19-21-32(4)29(16-17-30(28)32)24(3)13-18-31(34)26-11-9-8-10-12-26/h8-12,24-25,27-31,34-35H,5-7,13-23H2,1-4H3/t24-,25-,27-,28-,29-,30+,31-,32-,33?/m1/s1. The molecule has 198 valence electrons. The molecule has 0 spiro atoms. The van der Waals surface area contributed by atoms with Crippen molar-refractivity contribution in [2.45, 2.75) is 129 Å². The SMILES string of the molecule is CCCCC(O)(CC)C[C@@H]1CC[C@@H]2[C@H](CC[C@]3(C)[C@@H]([C@H](C)CC[C@@H](O)c4ccccc4)CC[C@@H]23)C1. The van der Waals surface area contributed by atoms with Crippen molar-refractivity contribution in [3.05, 3.63) is 35.9 Å². The Balaban J connectivity index is 1.32. The Morgan fingerprint density at radius 1 is 1.03 bits per heavy atom. The summed E-state index contributed by atoms with van der Waals surface area (Å²) in [4.78, 5) is 0. The minimum absolute atomic E-state index is 0.325. The first-order valence-corrected chi connectivity index (χ1v) is 15.2. The van der Waals surface area contributed by atoms with Crippen LogP contribution in [0.4, 0.5) is 0 Å². The number of benzene rings is 1. The third-order valence-electron chi connectivity index (χ3n) is 11.3. The van der Waals surface area contributed by atoms with Gasteiger partial charge in [0.2, 0.25) is 0 Å². The van der Waals surface area contributed by atoms with E-state index in [2.05, 4.69) is 39.8 Å². The molecule has 0 heterocycles. The van der Waals surface area contributed by atoms with Crippen molar-refractivity contribution in [2.75, 3.05) is 0 Å². The molecule has 0 aromatic heterocycles. The molecule has 35 heavy (non-hydrogen) atoms. The Bertz CT molecular complexity index is 777. The van der Waals surface area contributed by atoms with Crippen LogP contribution in [0.2, 0.25) is 0 Å². The van der Waals surface area contributed by atoms with Crippen LogP contribution >= 0.6 is 0 Å². The molecule has 3 aliphatic rings. The fourth-order valence-electron chi connectivity index (χ4n) is 9.16. The van der Waals surface area contributed by atoms with Gasteiger partial charge in [0.25, 0.3) is 0 Å². The quantitative estimate of drug-likeness (QED) is 0.331. The molecule has 2 heteroatoms. The maximum Gasteiger partial charge on any atom is 0.0790 e. The fourth-order valence-corrected chi connectivity index (χ4v) is 9.16. The summed E-state index contributed by atoms with van der Waals surface area (Å²) in [7, 11) is 0. The van der Waals surface area contributed by atoms with Gasteiger partial charge in [-0.15, -0.1) is 0 Å². The lowest BCUT2D eigenvalue weighted by Gasteiger charge is -2.53. The zero-order valence-corrected chi connectivity index (χ0v) is 23.2. The van der Waals surface area contributed by atoms with Crippen molar-refractivity contribution < 1.29 is 10.2 Å². The molecule has 0 bridgehead atoms. The molecule has 4 rings (SSSR count). The molecule has 2 nitrogen and oxygen atoms in total.